The van der Waals surface area contributed by atoms with Gasteiger partial charge in [0.2, 0.25) is 0 Å². The van der Waals surface area contributed by atoms with Gasteiger partial charge in [-0.15, -0.1) is 0 Å². The number of hydrogen-bond donors (Lipinski definition) is 1. The quantitative estimate of drug-likeness (QED) is 0.861. The number of rotatable bonds is 4. The minimum atomic E-state index is 0.323. The van der Waals surface area contributed by atoms with E-state index in [4.69, 9.17) is 0 Å². The number of aliphatic hydroxyl groups is 1. The molecule has 1 aliphatic rings. The Kier molecular flexibility index (Phi) is 4.18. The van der Waals surface area contributed by atoms with Crippen LogP contribution in [0.3, 0.4) is 0 Å². The number of aromatic nitrogens is 2. The largest absolute Gasteiger partial charge is 0.396 e. The third-order valence-corrected chi connectivity index (χ3v) is 3.63. The molecule has 0 unspecified atom stereocenters. The van der Waals surface area contributed by atoms with E-state index in [1.54, 1.807) is 0 Å². The monoisotopic (exact) mass is 237 g/mol. The van der Waals surface area contributed by atoms with Gasteiger partial charge in [-0.05, 0) is 39.2 Å². The summed E-state index contributed by atoms with van der Waals surface area (Å²) in [4.78, 5) is 2.44. The minimum Gasteiger partial charge on any atom is -0.396 e. The third kappa shape index (κ3) is 3.07. The maximum absolute atomic E-state index is 9.23. The minimum absolute atomic E-state index is 0.323. The smallest absolute Gasteiger partial charge is 0.0638 e. The maximum atomic E-state index is 9.23. The van der Waals surface area contributed by atoms with Crippen molar-refractivity contribution < 1.29 is 5.11 Å². The summed E-state index contributed by atoms with van der Waals surface area (Å²) in [5.41, 5.74) is 2.46. The van der Waals surface area contributed by atoms with Crippen LogP contribution in [0, 0.1) is 12.8 Å². The number of aryl methyl sites for hydroxylation is 2. The van der Waals surface area contributed by atoms with Gasteiger partial charge >= 0.3 is 0 Å². The molecule has 0 bridgehead atoms. The molecule has 0 aromatic carbocycles. The van der Waals surface area contributed by atoms with Crippen LogP contribution in [0.25, 0.3) is 0 Å². The second-order valence-electron chi connectivity index (χ2n) is 5.02. The standard InChI is InChI=1S/C13H23N3O/c1-3-16-9-13(11(2)14-16)8-15-6-4-5-12(7-15)10-17/h9,12,17H,3-8,10H2,1-2H3/t12-/m1/s1. The molecule has 96 valence electrons. The van der Waals surface area contributed by atoms with E-state index in [0.717, 1.165) is 31.9 Å². The second-order valence-corrected chi connectivity index (χ2v) is 5.02. The van der Waals surface area contributed by atoms with Crippen molar-refractivity contribution in [2.24, 2.45) is 5.92 Å². The molecule has 1 aliphatic heterocycles. The first-order chi connectivity index (χ1) is 8.22. The fraction of sp³-hybridized carbons (Fsp3) is 0.769. The van der Waals surface area contributed by atoms with Gasteiger partial charge < -0.3 is 5.11 Å². The average Bonchev–Trinajstić information content (AvgIpc) is 2.70. The average molecular weight is 237 g/mol. The van der Waals surface area contributed by atoms with Gasteiger partial charge in [0.1, 0.15) is 0 Å². The van der Waals surface area contributed by atoms with Gasteiger partial charge in [0.05, 0.1) is 5.69 Å². The molecule has 4 heteroatoms. The van der Waals surface area contributed by atoms with E-state index in [-0.39, 0.29) is 0 Å². The van der Waals surface area contributed by atoms with Crippen molar-refractivity contribution in [3.05, 3.63) is 17.5 Å². The van der Waals surface area contributed by atoms with E-state index in [2.05, 4.69) is 30.0 Å². The highest BCUT2D eigenvalue weighted by Crippen LogP contribution is 2.19. The molecule has 2 heterocycles. The summed E-state index contributed by atoms with van der Waals surface area (Å²) in [5.74, 6) is 0.463. The Morgan fingerprint density at radius 1 is 1.53 bits per heavy atom. The molecule has 0 spiro atoms. The summed E-state index contributed by atoms with van der Waals surface area (Å²) in [6.45, 7) is 8.58. The maximum Gasteiger partial charge on any atom is 0.0638 e. The molecule has 1 saturated heterocycles. The van der Waals surface area contributed by atoms with E-state index < -0.39 is 0 Å². The molecule has 4 nitrogen and oxygen atoms in total. The summed E-state index contributed by atoms with van der Waals surface area (Å²) in [7, 11) is 0. The molecule has 1 atom stereocenters. The molecule has 1 N–H and O–H groups in total. The summed E-state index contributed by atoms with van der Waals surface area (Å²) in [6, 6.07) is 0. The molecule has 2 rings (SSSR count). The van der Waals surface area contributed by atoms with Gasteiger partial charge in [0.25, 0.3) is 0 Å². The first-order valence-electron chi connectivity index (χ1n) is 6.59. The lowest BCUT2D eigenvalue weighted by molar-refractivity contribution is 0.115. The molecule has 0 radical (unpaired) electrons. The molecule has 1 fully saturated rings. The second kappa shape index (κ2) is 5.65. The van der Waals surface area contributed by atoms with Crippen LogP contribution in [-0.2, 0) is 13.1 Å². The van der Waals surface area contributed by atoms with E-state index in [9.17, 15) is 5.11 Å². The lowest BCUT2D eigenvalue weighted by Crippen LogP contribution is -2.36. The van der Waals surface area contributed by atoms with E-state index in [1.807, 2.05) is 4.68 Å². The lowest BCUT2D eigenvalue weighted by atomic mass is 9.99. The van der Waals surface area contributed by atoms with Crippen LogP contribution in [-0.4, -0.2) is 39.5 Å². The summed E-state index contributed by atoms with van der Waals surface area (Å²) < 4.78 is 2.00. The number of aliphatic hydroxyl groups excluding tert-OH is 1. The highest BCUT2D eigenvalue weighted by molar-refractivity contribution is 5.15. The Hall–Kier alpha value is -0.870. The van der Waals surface area contributed by atoms with Crippen LogP contribution in [0.5, 0.6) is 0 Å². The fourth-order valence-electron chi connectivity index (χ4n) is 2.56. The number of piperidine rings is 1. The van der Waals surface area contributed by atoms with Gasteiger partial charge in [-0.1, -0.05) is 0 Å². The Morgan fingerprint density at radius 3 is 3.00 bits per heavy atom. The normalized spacial score (nSPS) is 21.9. The topological polar surface area (TPSA) is 41.3 Å². The molecular weight excluding hydrogens is 214 g/mol. The zero-order valence-corrected chi connectivity index (χ0v) is 10.9. The molecular formula is C13H23N3O. The van der Waals surface area contributed by atoms with Gasteiger partial charge in [-0.2, -0.15) is 5.10 Å². The summed E-state index contributed by atoms with van der Waals surface area (Å²) in [5, 5.41) is 13.7. The number of likely N-dealkylation sites (tertiary alicyclic amines) is 1. The summed E-state index contributed by atoms with van der Waals surface area (Å²) in [6.07, 6.45) is 4.52. The fourth-order valence-corrected chi connectivity index (χ4v) is 2.56. The van der Waals surface area contributed by atoms with Gasteiger partial charge in [-0.25, -0.2) is 0 Å². The number of hydrogen-bond acceptors (Lipinski definition) is 3. The lowest BCUT2D eigenvalue weighted by Gasteiger charge is -2.31. The molecule has 0 saturated carbocycles. The van der Waals surface area contributed by atoms with Gasteiger partial charge in [-0.3, -0.25) is 9.58 Å². The molecule has 1 aromatic rings. The van der Waals surface area contributed by atoms with Crippen LogP contribution in [0.1, 0.15) is 31.0 Å². The van der Waals surface area contributed by atoms with Crippen LogP contribution >= 0.6 is 0 Å². The molecule has 0 amide bonds. The zero-order chi connectivity index (χ0) is 12.3. The Bertz CT molecular complexity index is 362. The van der Waals surface area contributed by atoms with Crippen LogP contribution in [0.2, 0.25) is 0 Å². The predicted molar refractivity (Wildman–Crippen MR) is 67.7 cm³/mol. The first kappa shape index (κ1) is 12.6. The predicted octanol–water partition coefficient (Wildman–Crippen LogP) is 1.42. The highest BCUT2D eigenvalue weighted by atomic mass is 16.3. The molecule has 1 aromatic heterocycles. The molecule has 17 heavy (non-hydrogen) atoms. The van der Waals surface area contributed by atoms with Crippen molar-refractivity contribution in [3.8, 4) is 0 Å². The van der Waals surface area contributed by atoms with Crippen molar-refractivity contribution in [1.29, 1.82) is 0 Å². The Labute approximate surface area is 103 Å². The first-order valence-corrected chi connectivity index (χ1v) is 6.59. The van der Waals surface area contributed by atoms with E-state index >= 15 is 0 Å². The number of nitrogens with zero attached hydrogens (tertiary/aromatic N) is 3. The van der Waals surface area contributed by atoms with E-state index in [1.165, 1.54) is 18.4 Å². The third-order valence-electron chi connectivity index (χ3n) is 3.63. The van der Waals surface area contributed by atoms with Crippen LogP contribution in [0.15, 0.2) is 6.20 Å². The highest BCUT2D eigenvalue weighted by Gasteiger charge is 2.20. The SMILES string of the molecule is CCn1cc(CN2CCC[C@@H](CO)C2)c(C)n1. The van der Waals surface area contributed by atoms with Crippen molar-refractivity contribution in [3.63, 3.8) is 0 Å². The van der Waals surface area contributed by atoms with E-state index in [0.29, 0.717) is 12.5 Å². The van der Waals surface area contributed by atoms with Gasteiger partial charge in [0.15, 0.2) is 0 Å². The van der Waals surface area contributed by atoms with Crippen molar-refractivity contribution in [2.45, 2.75) is 39.8 Å². The van der Waals surface area contributed by atoms with Crippen LogP contribution in [0.4, 0.5) is 0 Å². The van der Waals surface area contributed by atoms with Crippen molar-refractivity contribution in [1.82, 2.24) is 14.7 Å². The van der Waals surface area contributed by atoms with Crippen LogP contribution < -0.4 is 0 Å². The molecule has 0 aliphatic carbocycles. The van der Waals surface area contributed by atoms with Crippen molar-refractivity contribution in [2.75, 3.05) is 19.7 Å². The Morgan fingerprint density at radius 2 is 2.35 bits per heavy atom. The van der Waals surface area contributed by atoms with Crippen molar-refractivity contribution >= 4 is 0 Å². The summed E-state index contributed by atoms with van der Waals surface area (Å²) >= 11 is 0. The Balaban J connectivity index is 1.97. The zero-order valence-electron chi connectivity index (χ0n) is 10.9. The van der Waals surface area contributed by atoms with Gasteiger partial charge in [0, 0.05) is 38.0 Å².